The summed E-state index contributed by atoms with van der Waals surface area (Å²) in [5.41, 5.74) is 2.07. The Balaban J connectivity index is 1.78. The fraction of sp³-hybridized carbons (Fsp3) is 0.562. The Labute approximate surface area is 140 Å². The Bertz CT molecular complexity index is 727. The lowest BCUT2D eigenvalue weighted by Crippen LogP contribution is -2.15. The Hall–Kier alpha value is -1.82. The molecule has 1 amide bonds. The number of anilines is 1. The first-order valence-electron chi connectivity index (χ1n) is 8.01. The molecule has 124 valence electrons. The van der Waals surface area contributed by atoms with Gasteiger partial charge in [0.1, 0.15) is 5.82 Å². The van der Waals surface area contributed by atoms with Crippen LogP contribution in [-0.4, -0.2) is 25.5 Å². The molecule has 1 saturated carbocycles. The minimum Gasteiger partial charge on any atom is -0.305 e. The predicted octanol–water partition coefficient (Wildman–Crippen LogP) is 3.42. The number of aryl methyl sites for hydroxylation is 2. The van der Waals surface area contributed by atoms with Gasteiger partial charge in [-0.25, -0.2) is 0 Å². The number of amides is 1. The zero-order valence-electron chi connectivity index (χ0n) is 13.8. The summed E-state index contributed by atoms with van der Waals surface area (Å²) in [6.07, 6.45) is 6.17. The molecule has 2 aromatic heterocycles. The highest BCUT2D eigenvalue weighted by atomic mass is 35.5. The van der Waals surface area contributed by atoms with Gasteiger partial charge in [0.2, 0.25) is 0 Å². The number of hydrogen-bond donors (Lipinski definition) is 1. The van der Waals surface area contributed by atoms with Gasteiger partial charge < -0.3 is 5.32 Å². The molecule has 6 nitrogen and oxygen atoms in total. The third kappa shape index (κ3) is 3.13. The molecule has 7 heteroatoms. The molecule has 3 rings (SSSR count). The van der Waals surface area contributed by atoms with E-state index in [9.17, 15) is 4.79 Å². The van der Waals surface area contributed by atoms with Crippen LogP contribution in [0.3, 0.4) is 0 Å². The molecule has 0 unspecified atom stereocenters. The molecule has 2 aromatic rings. The van der Waals surface area contributed by atoms with E-state index in [1.54, 1.807) is 16.4 Å². The van der Waals surface area contributed by atoms with Crippen molar-refractivity contribution in [3.05, 3.63) is 28.2 Å². The molecule has 1 aliphatic rings. The van der Waals surface area contributed by atoms with Crippen LogP contribution in [0.25, 0.3) is 0 Å². The highest BCUT2D eigenvalue weighted by Crippen LogP contribution is 2.33. The number of hydrogen-bond acceptors (Lipinski definition) is 3. The quantitative estimate of drug-likeness (QED) is 0.934. The standard InChI is InChI=1S/C16H22ClN5O/c1-10-14(17)15(20-21(10)2)16(23)18-13-9-12(19-22(13)3)11-7-5-4-6-8-11/h9,11H,4-8H2,1-3H3,(H,18,23). The zero-order chi connectivity index (χ0) is 16.6. The van der Waals surface area contributed by atoms with E-state index in [-0.39, 0.29) is 11.6 Å². The largest absolute Gasteiger partial charge is 0.305 e. The van der Waals surface area contributed by atoms with Crippen molar-refractivity contribution in [2.24, 2.45) is 14.1 Å². The molecule has 0 radical (unpaired) electrons. The van der Waals surface area contributed by atoms with E-state index in [0.29, 0.717) is 16.8 Å². The molecule has 0 atom stereocenters. The van der Waals surface area contributed by atoms with Crippen LogP contribution >= 0.6 is 11.6 Å². The number of halogens is 1. The molecule has 1 fully saturated rings. The zero-order valence-corrected chi connectivity index (χ0v) is 14.5. The Kier molecular flexibility index (Phi) is 4.43. The van der Waals surface area contributed by atoms with E-state index < -0.39 is 0 Å². The topological polar surface area (TPSA) is 64.7 Å². The van der Waals surface area contributed by atoms with Gasteiger partial charge in [0, 0.05) is 26.1 Å². The van der Waals surface area contributed by atoms with E-state index in [0.717, 1.165) is 11.4 Å². The van der Waals surface area contributed by atoms with Crippen LogP contribution in [0.5, 0.6) is 0 Å². The monoisotopic (exact) mass is 335 g/mol. The molecule has 0 saturated heterocycles. The SMILES string of the molecule is Cc1c(Cl)c(C(=O)Nc2cc(C3CCCCC3)nn2C)nn1C. The summed E-state index contributed by atoms with van der Waals surface area (Å²) in [5.74, 6) is 0.869. The second kappa shape index (κ2) is 6.35. The number of nitrogens with zero attached hydrogens (tertiary/aromatic N) is 4. The fourth-order valence-corrected chi connectivity index (χ4v) is 3.35. The van der Waals surface area contributed by atoms with Crippen molar-refractivity contribution in [3.63, 3.8) is 0 Å². The predicted molar refractivity (Wildman–Crippen MR) is 89.9 cm³/mol. The van der Waals surface area contributed by atoms with Gasteiger partial charge in [-0.15, -0.1) is 0 Å². The molecule has 0 aliphatic heterocycles. The van der Waals surface area contributed by atoms with Crippen molar-refractivity contribution in [2.75, 3.05) is 5.32 Å². The minimum absolute atomic E-state index is 0.243. The Morgan fingerprint density at radius 2 is 1.91 bits per heavy atom. The highest BCUT2D eigenvalue weighted by Gasteiger charge is 2.22. The first-order valence-corrected chi connectivity index (χ1v) is 8.39. The third-order valence-electron chi connectivity index (χ3n) is 4.64. The number of nitrogens with one attached hydrogen (secondary N) is 1. The van der Waals surface area contributed by atoms with Gasteiger partial charge in [0.15, 0.2) is 5.69 Å². The van der Waals surface area contributed by atoms with Crippen LogP contribution in [0.15, 0.2) is 6.07 Å². The lowest BCUT2D eigenvalue weighted by atomic mass is 9.87. The minimum atomic E-state index is -0.308. The van der Waals surface area contributed by atoms with Crippen LogP contribution in [-0.2, 0) is 14.1 Å². The van der Waals surface area contributed by atoms with Crippen molar-refractivity contribution in [1.82, 2.24) is 19.6 Å². The number of carbonyl (C=O) groups excluding carboxylic acids is 1. The fourth-order valence-electron chi connectivity index (χ4n) is 3.11. The van der Waals surface area contributed by atoms with Gasteiger partial charge in [-0.2, -0.15) is 10.2 Å². The van der Waals surface area contributed by atoms with Crippen LogP contribution in [0.4, 0.5) is 5.82 Å². The first-order chi connectivity index (χ1) is 11.0. The average molecular weight is 336 g/mol. The maximum Gasteiger partial charge on any atom is 0.278 e. The summed E-state index contributed by atoms with van der Waals surface area (Å²) in [5, 5.41) is 12.0. The van der Waals surface area contributed by atoms with Crippen LogP contribution in [0, 0.1) is 6.92 Å². The molecular weight excluding hydrogens is 314 g/mol. The molecule has 1 aliphatic carbocycles. The van der Waals surface area contributed by atoms with Crippen LogP contribution < -0.4 is 5.32 Å². The molecule has 1 N–H and O–H groups in total. The van der Waals surface area contributed by atoms with E-state index >= 15 is 0 Å². The van der Waals surface area contributed by atoms with Crippen molar-refractivity contribution >= 4 is 23.3 Å². The van der Waals surface area contributed by atoms with Crippen molar-refractivity contribution < 1.29 is 4.79 Å². The van der Waals surface area contributed by atoms with E-state index in [1.165, 1.54) is 32.1 Å². The smallest absolute Gasteiger partial charge is 0.278 e. The summed E-state index contributed by atoms with van der Waals surface area (Å²) >= 11 is 6.18. The third-order valence-corrected chi connectivity index (χ3v) is 5.09. The number of aromatic nitrogens is 4. The van der Waals surface area contributed by atoms with Crippen molar-refractivity contribution in [3.8, 4) is 0 Å². The van der Waals surface area contributed by atoms with Crippen LogP contribution in [0.1, 0.15) is 59.9 Å². The summed E-state index contributed by atoms with van der Waals surface area (Å²) in [4.78, 5) is 12.4. The molecule has 23 heavy (non-hydrogen) atoms. The Morgan fingerprint density at radius 3 is 2.52 bits per heavy atom. The van der Waals surface area contributed by atoms with Crippen LogP contribution in [0.2, 0.25) is 5.02 Å². The van der Waals surface area contributed by atoms with Gasteiger partial charge in [0.25, 0.3) is 5.91 Å². The normalized spacial score (nSPS) is 15.8. The summed E-state index contributed by atoms with van der Waals surface area (Å²) in [6.45, 7) is 1.83. The number of rotatable bonds is 3. The molecular formula is C16H22ClN5O. The van der Waals surface area contributed by atoms with Crippen molar-refractivity contribution in [1.29, 1.82) is 0 Å². The Morgan fingerprint density at radius 1 is 1.22 bits per heavy atom. The summed E-state index contributed by atoms with van der Waals surface area (Å²) in [7, 11) is 3.61. The van der Waals surface area contributed by atoms with Gasteiger partial charge in [-0.1, -0.05) is 30.9 Å². The van der Waals surface area contributed by atoms with Gasteiger partial charge in [-0.3, -0.25) is 14.2 Å². The maximum absolute atomic E-state index is 12.4. The van der Waals surface area contributed by atoms with E-state index in [4.69, 9.17) is 11.6 Å². The van der Waals surface area contributed by atoms with Crippen molar-refractivity contribution in [2.45, 2.75) is 44.9 Å². The molecule has 0 aromatic carbocycles. The summed E-state index contributed by atoms with van der Waals surface area (Å²) in [6, 6.07) is 1.97. The van der Waals surface area contributed by atoms with E-state index in [1.807, 2.05) is 20.0 Å². The maximum atomic E-state index is 12.4. The second-order valence-electron chi connectivity index (χ2n) is 6.24. The van der Waals surface area contributed by atoms with Gasteiger partial charge >= 0.3 is 0 Å². The highest BCUT2D eigenvalue weighted by molar-refractivity contribution is 6.34. The first kappa shape index (κ1) is 16.1. The van der Waals surface area contributed by atoms with Gasteiger partial charge in [-0.05, 0) is 19.8 Å². The lowest BCUT2D eigenvalue weighted by Gasteiger charge is -2.19. The average Bonchev–Trinajstić information content (AvgIpc) is 3.03. The summed E-state index contributed by atoms with van der Waals surface area (Å²) < 4.78 is 3.32. The molecule has 0 spiro atoms. The van der Waals surface area contributed by atoms with Gasteiger partial charge in [0.05, 0.1) is 16.4 Å². The molecule has 2 heterocycles. The second-order valence-corrected chi connectivity index (χ2v) is 6.62. The van der Waals surface area contributed by atoms with E-state index in [2.05, 4.69) is 15.5 Å². The lowest BCUT2D eigenvalue weighted by molar-refractivity contribution is 0.102. The number of carbonyl (C=O) groups is 1. The molecule has 0 bridgehead atoms.